The molecule has 0 unspecified atom stereocenters. The van der Waals surface area contributed by atoms with Crippen molar-refractivity contribution in [3.05, 3.63) is 16.1 Å². The van der Waals surface area contributed by atoms with E-state index in [0.29, 0.717) is 0 Å². The van der Waals surface area contributed by atoms with Gasteiger partial charge in [-0.3, -0.25) is 4.99 Å². The van der Waals surface area contributed by atoms with Crippen LogP contribution >= 0.6 is 28.3 Å². The van der Waals surface area contributed by atoms with Gasteiger partial charge in [0.1, 0.15) is 0 Å². The Hall–Kier alpha value is -0.620. The molecule has 1 aromatic heterocycles. The molecule has 0 aromatic carbocycles. The number of thiazole rings is 1. The van der Waals surface area contributed by atoms with E-state index in [4.69, 9.17) is 0 Å². The van der Waals surface area contributed by atoms with E-state index in [9.17, 15) is 0 Å². The largest absolute Gasteiger partial charge is 0.359 e. The van der Waals surface area contributed by atoms with Gasteiger partial charge < -0.3 is 10.6 Å². The number of hydrogen-bond donors (Lipinski definition) is 2. The Morgan fingerprint density at radius 3 is 2.79 bits per heavy atom. The lowest BCUT2D eigenvalue weighted by atomic mass is 10.5. The molecule has 2 N–H and O–H groups in total. The molecule has 1 aromatic rings. The lowest BCUT2D eigenvalue weighted by Gasteiger charge is -2.05. The number of aryl methyl sites for hydroxylation is 1. The number of nitrogens with zero attached hydrogens (tertiary/aromatic N) is 2. The van der Waals surface area contributed by atoms with Crippen molar-refractivity contribution < 1.29 is 0 Å². The first-order valence-electron chi connectivity index (χ1n) is 4.05. The summed E-state index contributed by atoms with van der Waals surface area (Å²) in [6.07, 6.45) is 0. The van der Waals surface area contributed by atoms with E-state index in [2.05, 4.69) is 20.6 Å². The van der Waals surface area contributed by atoms with Gasteiger partial charge in [-0.2, -0.15) is 0 Å². The van der Waals surface area contributed by atoms with Gasteiger partial charge in [-0.25, -0.2) is 4.98 Å². The van der Waals surface area contributed by atoms with Crippen LogP contribution in [0.4, 0.5) is 0 Å². The summed E-state index contributed by atoms with van der Waals surface area (Å²) in [5.41, 5.74) is 1.05. The van der Waals surface area contributed by atoms with Gasteiger partial charge in [-0.1, -0.05) is 0 Å². The number of aliphatic imine (C=N–C) groups is 1. The molecule has 1 rings (SSSR count). The maximum Gasteiger partial charge on any atom is 0.191 e. The first kappa shape index (κ1) is 13.4. The zero-order chi connectivity index (χ0) is 9.68. The SMILES string of the molecule is Br.CN=C(NC)NCc1csc(C)n1. The third-order valence-corrected chi connectivity index (χ3v) is 2.39. The van der Waals surface area contributed by atoms with Crippen molar-refractivity contribution in [2.45, 2.75) is 13.5 Å². The topological polar surface area (TPSA) is 49.3 Å². The fraction of sp³-hybridized carbons (Fsp3) is 0.500. The fourth-order valence-corrected chi connectivity index (χ4v) is 1.56. The molecule has 4 nitrogen and oxygen atoms in total. The second-order valence-electron chi connectivity index (χ2n) is 2.53. The Labute approximate surface area is 98.6 Å². The third-order valence-electron chi connectivity index (χ3n) is 1.56. The molecule has 0 atom stereocenters. The van der Waals surface area contributed by atoms with E-state index in [-0.39, 0.29) is 17.0 Å². The van der Waals surface area contributed by atoms with Crippen LogP contribution < -0.4 is 10.6 Å². The highest BCUT2D eigenvalue weighted by Gasteiger charge is 1.98. The number of rotatable bonds is 2. The lowest BCUT2D eigenvalue weighted by Crippen LogP contribution is -2.34. The molecule has 14 heavy (non-hydrogen) atoms. The van der Waals surface area contributed by atoms with E-state index >= 15 is 0 Å². The normalized spacial score (nSPS) is 10.6. The molecule has 6 heteroatoms. The van der Waals surface area contributed by atoms with Crippen LogP contribution in [-0.4, -0.2) is 25.0 Å². The molecule has 0 spiro atoms. The first-order chi connectivity index (χ1) is 6.26. The van der Waals surface area contributed by atoms with Crippen molar-refractivity contribution in [1.82, 2.24) is 15.6 Å². The Morgan fingerprint density at radius 2 is 2.36 bits per heavy atom. The van der Waals surface area contributed by atoms with Crippen LogP contribution in [0.3, 0.4) is 0 Å². The summed E-state index contributed by atoms with van der Waals surface area (Å²) < 4.78 is 0. The second kappa shape index (κ2) is 6.78. The van der Waals surface area contributed by atoms with E-state index in [1.807, 2.05) is 19.4 Å². The van der Waals surface area contributed by atoms with Gasteiger partial charge in [0.15, 0.2) is 5.96 Å². The van der Waals surface area contributed by atoms with Crippen LogP contribution in [-0.2, 0) is 6.54 Å². The average Bonchev–Trinajstić information content (AvgIpc) is 2.53. The molecule has 0 aliphatic heterocycles. The summed E-state index contributed by atoms with van der Waals surface area (Å²) in [5.74, 6) is 0.783. The summed E-state index contributed by atoms with van der Waals surface area (Å²) in [5, 5.41) is 9.22. The summed E-state index contributed by atoms with van der Waals surface area (Å²) >= 11 is 1.66. The van der Waals surface area contributed by atoms with Gasteiger partial charge in [-0.05, 0) is 6.92 Å². The average molecular weight is 279 g/mol. The van der Waals surface area contributed by atoms with Crippen LogP contribution in [0.25, 0.3) is 0 Å². The van der Waals surface area contributed by atoms with Crippen LogP contribution in [0.2, 0.25) is 0 Å². The van der Waals surface area contributed by atoms with Crippen molar-refractivity contribution in [1.29, 1.82) is 0 Å². The number of aromatic nitrogens is 1. The van der Waals surface area contributed by atoms with Gasteiger partial charge in [0.05, 0.1) is 17.2 Å². The van der Waals surface area contributed by atoms with Crippen molar-refractivity contribution in [3.8, 4) is 0 Å². The zero-order valence-corrected chi connectivity index (χ0v) is 11.0. The molecule has 0 saturated heterocycles. The Kier molecular flexibility index (Phi) is 6.48. The van der Waals surface area contributed by atoms with Crippen molar-refractivity contribution >= 4 is 34.3 Å². The minimum atomic E-state index is 0. The number of nitrogens with one attached hydrogen (secondary N) is 2. The molecule has 0 aliphatic carbocycles. The van der Waals surface area contributed by atoms with Crippen LogP contribution in [0, 0.1) is 6.92 Å². The minimum Gasteiger partial charge on any atom is -0.359 e. The van der Waals surface area contributed by atoms with Crippen molar-refractivity contribution in [2.24, 2.45) is 4.99 Å². The van der Waals surface area contributed by atoms with Gasteiger partial charge >= 0.3 is 0 Å². The van der Waals surface area contributed by atoms with Gasteiger partial charge in [0, 0.05) is 19.5 Å². The fourth-order valence-electron chi connectivity index (χ4n) is 0.943. The molecule has 80 valence electrons. The summed E-state index contributed by atoms with van der Waals surface area (Å²) in [6, 6.07) is 0. The molecule has 0 radical (unpaired) electrons. The van der Waals surface area contributed by atoms with Gasteiger partial charge in [-0.15, -0.1) is 28.3 Å². The molecular formula is C8H15BrN4S. The van der Waals surface area contributed by atoms with E-state index in [1.165, 1.54) is 0 Å². The highest BCUT2D eigenvalue weighted by Crippen LogP contribution is 2.06. The Bertz CT molecular complexity index is 297. The number of guanidine groups is 1. The molecule has 1 heterocycles. The molecule has 0 saturated carbocycles. The van der Waals surface area contributed by atoms with Gasteiger partial charge in [0.2, 0.25) is 0 Å². The quantitative estimate of drug-likeness (QED) is 0.634. The monoisotopic (exact) mass is 278 g/mol. The Balaban J connectivity index is 0.00000169. The number of halogens is 1. The summed E-state index contributed by atoms with van der Waals surface area (Å²) in [6.45, 7) is 2.72. The summed E-state index contributed by atoms with van der Waals surface area (Å²) in [7, 11) is 3.58. The molecule has 0 amide bonds. The van der Waals surface area contributed by atoms with E-state index in [1.54, 1.807) is 18.4 Å². The van der Waals surface area contributed by atoms with Crippen molar-refractivity contribution in [3.63, 3.8) is 0 Å². The molecule has 0 fully saturated rings. The highest BCUT2D eigenvalue weighted by molar-refractivity contribution is 8.93. The zero-order valence-electron chi connectivity index (χ0n) is 8.50. The van der Waals surface area contributed by atoms with Crippen LogP contribution in [0.5, 0.6) is 0 Å². The van der Waals surface area contributed by atoms with E-state index < -0.39 is 0 Å². The standard InChI is InChI=1S/C8H14N4S.BrH/c1-6-12-7(5-13-6)4-11-8(9-2)10-3;/h5H,4H2,1-3H3,(H2,9,10,11);1H. The van der Waals surface area contributed by atoms with Crippen LogP contribution in [0.15, 0.2) is 10.4 Å². The third kappa shape index (κ3) is 4.06. The molecular weight excluding hydrogens is 264 g/mol. The van der Waals surface area contributed by atoms with Crippen LogP contribution in [0.1, 0.15) is 10.7 Å². The predicted octanol–water partition coefficient (Wildman–Crippen LogP) is 1.32. The summed E-state index contributed by atoms with van der Waals surface area (Å²) in [4.78, 5) is 8.32. The van der Waals surface area contributed by atoms with Gasteiger partial charge in [0.25, 0.3) is 0 Å². The maximum atomic E-state index is 4.32. The molecule has 0 bridgehead atoms. The minimum absolute atomic E-state index is 0. The first-order valence-corrected chi connectivity index (χ1v) is 4.93. The maximum absolute atomic E-state index is 4.32. The second-order valence-corrected chi connectivity index (χ2v) is 3.60. The van der Waals surface area contributed by atoms with Crippen molar-refractivity contribution in [2.75, 3.05) is 14.1 Å². The number of hydrogen-bond acceptors (Lipinski definition) is 3. The molecule has 0 aliphatic rings. The smallest absolute Gasteiger partial charge is 0.191 e. The van der Waals surface area contributed by atoms with E-state index in [0.717, 1.165) is 23.2 Å². The lowest BCUT2D eigenvalue weighted by molar-refractivity contribution is 0.841. The highest BCUT2D eigenvalue weighted by atomic mass is 79.9. The Morgan fingerprint density at radius 1 is 1.64 bits per heavy atom. The predicted molar refractivity (Wildman–Crippen MR) is 66.4 cm³/mol.